The number of fused-ring (bicyclic) bond motifs is 1. The summed E-state index contributed by atoms with van der Waals surface area (Å²) in [5.41, 5.74) is 3.09. The molecule has 4 rings (SSSR count). The summed E-state index contributed by atoms with van der Waals surface area (Å²) in [6.45, 7) is 3.17. The Hall–Kier alpha value is -2.28. The number of amides is 1. The Morgan fingerprint density at radius 3 is 2.76 bits per heavy atom. The Bertz CT molecular complexity index is 1150. The molecule has 7 heteroatoms. The number of ether oxygens (including phenoxy) is 1. The highest BCUT2D eigenvalue weighted by Gasteiger charge is 2.29. The van der Waals surface area contributed by atoms with Gasteiger partial charge in [-0.2, -0.15) is 0 Å². The van der Waals surface area contributed by atoms with Gasteiger partial charge in [0.1, 0.15) is 16.7 Å². The smallest absolute Gasteiger partial charge is 0.265 e. The van der Waals surface area contributed by atoms with Crippen LogP contribution in [0.4, 0.5) is 0 Å². The lowest BCUT2D eigenvalue weighted by Gasteiger charge is -2.09. The zero-order chi connectivity index (χ0) is 20.5. The SMILES string of the molecule is Cc1cc(OCCn2cc(C=C3SC(=S)N(C)C3=O)c3ccccc32)ccc1Cl. The lowest BCUT2D eigenvalue weighted by atomic mass is 10.1. The van der Waals surface area contributed by atoms with Gasteiger partial charge in [-0.05, 0) is 42.8 Å². The molecule has 1 fully saturated rings. The number of thioether (sulfide) groups is 1. The second-order valence-electron chi connectivity index (χ2n) is 6.80. The summed E-state index contributed by atoms with van der Waals surface area (Å²) in [5.74, 6) is 0.744. The van der Waals surface area contributed by atoms with Crippen molar-refractivity contribution in [1.82, 2.24) is 9.47 Å². The summed E-state index contributed by atoms with van der Waals surface area (Å²) in [6.07, 6.45) is 3.98. The number of hydrogen-bond acceptors (Lipinski definition) is 4. The lowest BCUT2D eigenvalue weighted by Crippen LogP contribution is -2.22. The third-order valence-electron chi connectivity index (χ3n) is 4.82. The Balaban J connectivity index is 1.57. The molecule has 2 heterocycles. The van der Waals surface area contributed by atoms with Crippen LogP contribution in [0.1, 0.15) is 11.1 Å². The Morgan fingerprint density at radius 2 is 2.03 bits per heavy atom. The van der Waals surface area contributed by atoms with E-state index < -0.39 is 0 Å². The highest BCUT2D eigenvalue weighted by molar-refractivity contribution is 8.26. The van der Waals surface area contributed by atoms with Crippen LogP contribution in [0.2, 0.25) is 5.02 Å². The van der Waals surface area contributed by atoms with Gasteiger partial charge in [0, 0.05) is 34.7 Å². The first-order valence-corrected chi connectivity index (χ1v) is 10.7. The van der Waals surface area contributed by atoms with Crippen LogP contribution in [0.3, 0.4) is 0 Å². The van der Waals surface area contributed by atoms with E-state index in [1.807, 2.05) is 43.3 Å². The number of rotatable bonds is 5. The van der Waals surface area contributed by atoms with E-state index in [1.165, 1.54) is 16.7 Å². The van der Waals surface area contributed by atoms with Gasteiger partial charge in [0.15, 0.2) is 0 Å². The molecule has 0 radical (unpaired) electrons. The molecule has 1 saturated heterocycles. The summed E-state index contributed by atoms with van der Waals surface area (Å²) in [6, 6.07) is 13.8. The number of para-hydroxylation sites is 1. The third kappa shape index (κ3) is 4.06. The van der Waals surface area contributed by atoms with Crippen molar-refractivity contribution in [1.29, 1.82) is 0 Å². The summed E-state index contributed by atoms with van der Waals surface area (Å²) < 4.78 is 8.64. The van der Waals surface area contributed by atoms with Crippen LogP contribution in [0.15, 0.2) is 53.6 Å². The van der Waals surface area contributed by atoms with Crippen LogP contribution < -0.4 is 4.74 Å². The molecule has 1 aliphatic rings. The van der Waals surface area contributed by atoms with Crippen molar-refractivity contribution in [3.8, 4) is 5.75 Å². The number of halogens is 1. The van der Waals surface area contributed by atoms with Gasteiger partial charge in [0.2, 0.25) is 0 Å². The summed E-state index contributed by atoms with van der Waals surface area (Å²) >= 11 is 12.6. The van der Waals surface area contributed by atoms with Crippen LogP contribution in [0.25, 0.3) is 17.0 Å². The molecule has 3 aromatic rings. The zero-order valence-corrected chi connectivity index (χ0v) is 18.4. The maximum atomic E-state index is 12.4. The van der Waals surface area contributed by atoms with Gasteiger partial charge >= 0.3 is 0 Å². The van der Waals surface area contributed by atoms with Crippen molar-refractivity contribution in [3.63, 3.8) is 0 Å². The molecule has 0 spiro atoms. The minimum absolute atomic E-state index is 0.0572. The Labute approximate surface area is 184 Å². The fourth-order valence-electron chi connectivity index (χ4n) is 3.23. The van der Waals surface area contributed by atoms with E-state index in [1.54, 1.807) is 7.05 Å². The van der Waals surface area contributed by atoms with E-state index in [0.29, 0.717) is 22.4 Å². The highest BCUT2D eigenvalue weighted by atomic mass is 35.5. The van der Waals surface area contributed by atoms with Gasteiger partial charge in [-0.25, -0.2) is 0 Å². The normalized spacial score (nSPS) is 15.7. The first kappa shape index (κ1) is 20.0. The molecule has 1 amide bonds. The van der Waals surface area contributed by atoms with Crippen molar-refractivity contribution in [3.05, 3.63) is 69.7 Å². The number of carbonyl (C=O) groups is 1. The van der Waals surface area contributed by atoms with Gasteiger partial charge in [0.25, 0.3) is 5.91 Å². The van der Waals surface area contributed by atoms with Crippen LogP contribution in [0.5, 0.6) is 5.75 Å². The topological polar surface area (TPSA) is 34.5 Å². The van der Waals surface area contributed by atoms with Crippen molar-refractivity contribution >= 4 is 62.8 Å². The predicted molar refractivity (Wildman–Crippen MR) is 125 cm³/mol. The number of hydrogen-bond donors (Lipinski definition) is 0. The number of aromatic nitrogens is 1. The molecular weight excluding hydrogens is 424 g/mol. The van der Waals surface area contributed by atoms with Crippen LogP contribution in [-0.2, 0) is 11.3 Å². The maximum absolute atomic E-state index is 12.4. The lowest BCUT2D eigenvalue weighted by molar-refractivity contribution is -0.121. The number of carbonyl (C=O) groups excluding carboxylic acids is 1. The third-order valence-corrected chi connectivity index (χ3v) is 6.73. The molecule has 0 bridgehead atoms. The van der Waals surface area contributed by atoms with Gasteiger partial charge in [-0.3, -0.25) is 9.69 Å². The van der Waals surface area contributed by atoms with Gasteiger partial charge < -0.3 is 9.30 Å². The van der Waals surface area contributed by atoms with Crippen molar-refractivity contribution in [2.24, 2.45) is 0 Å². The number of nitrogens with zero attached hydrogens (tertiary/aromatic N) is 2. The maximum Gasteiger partial charge on any atom is 0.265 e. The van der Waals surface area contributed by atoms with Crippen LogP contribution in [0, 0.1) is 6.92 Å². The van der Waals surface area contributed by atoms with Gasteiger partial charge in [-0.1, -0.05) is 53.8 Å². The summed E-state index contributed by atoms with van der Waals surface area (Å²) in [5, 5.41) is 1.83. The molecule has 0 aliphatic carbocycles. The fourth-order valence-corrected chi connectivity index (χ4v) is 4.52. The molecule has 0 atom stereocenters. The first-order chi connectivity index (χ1) is 13.9. The van der Waals surface area contributed by atoms with Crippen molar-refractivity contribution in [2.75, 3.05) is 13.7 Å². The molecule has 2 aromatic carbocycles. The minimum atomic E-state index is -0.0572. The predicted octanol–water partition coefficient (Wildman–Crippen LogP) is 5.51. The van der Waals surface area contributed by atoms with E-state index in [0.717, 1.165) is 32.8 Å². The largest absolute Gasteiger partial charge is 0.492 e. The van der Waals surface area contributed by atoms with Gasteiger partial charge in [0.05, 0.1) is 11.4 Å². The van der Waals surface area contributed by atoms with Crippen LogP contribution >= 0.6 is 35.6 Å². The fraction of sp³-hybridized carbons (Fsp3) is 0.182. The average Bonchev–Trinajstić information content (AvgIpc) is 3.17. The Kier molecular flexibility index (Phi) is 5.67. The quantitative estimate of drug-likeness (QED) is 0.385. The second-order valence-corrected chi connectivity index (χ2v) is 8.88. The highest BCUT2D eigenvalue weighted by Crippen LogP contribution is 2.33. The van der Waals surface area contributed by atoms with E-state index in [-0.39, 0.29) is 5.91 Å². The minimum Gasteiger partial charge on any atom is -0.492 e. The number of benzene rings is 2. The summed E-state index contributed by atoms with van der Waals surface area (Å²) in [4.78, 5) is 14.5. The van der Waals surface area contributed by atoms with Gasteiger partial charge in [-0.15, -0.1) is 0 Å². The van der Waals surface area contributed by atoms with Crippen LogP contribution in [-0.4, -0.2) is 33.3 Å². The first-order valence-electron chi connectivity index (χ1n) is 9.12. The van der Waals surface area contributed by atoms with E-state index >= 15 is 0 Å². The molecule has 148 valence electrons. The molecule has 29 heavy (non-hydrogen) atoms. The molecule has 1 aliphatic heterocycles. The van der Waals surface area contributed by atoms with Crippen molar-refractivity contribution < 1.29 is 9.53 Å². The summed E-state index contributed by atoms with van der Waals surface area (Å²) in [7, 11) is 1.71. The second kappa shape index (κ2) is 8.22. The number of thiocarbonyl (C=S) groups is 1. The molecule has 0 N–H and O–H groups in total. The monoisotopic (exact) mass is 442 g/mol. The number of aryl methyl sites for hydroxylation is 1. The molecule has 0 saturated carbocycles. The molecule has 4 nitrogen and oxygen atoms in total. The molecule has 0 unspecified atom stereocenters. The Morgan fingerprint density at radius 1 is 1.24 bits per heavy atom. The average molecular weight is 443 g/mol. The standard InChI is InChI=1S/C22H19ClN2O2S2/c1-14-11-16(7-8-18(14)23)27-10-9-25-13-15(17-5-3-4-6-19(17)25)12-20-21(26)24(2)22(28)29-20/h3-8,11-13H,9-10H2,1-2H3. The zero-order valence-electron chi connectivity index (χ0n) is 16.0. The van der Waals surface area contributed by atoms with Crippen molar-refractivity contribution in [2.45, 2.75) is 13.5 Å². The molecular formula is C22H19ClN2O2S2. The molecule has 1 aromatic heterocycles. The van der Waals surface area contributed by atoms with E-state index in [4.69, 9.17) is 28.6 Å². The van der Waals surface area contributed by atoms with E-state index in [2.05, 4.69) is 22.9 Å². The number of likely N-dealkylation sites (N-methyl/N-ethyl adjacent to an activating group) is 1. The van der Waals surface area contributed by atoms with E-state index in [9.17, 15) is 4.79 Å².